The van der Waals surface area contributed by atoms with E-state index in [1.165, 1.54) is 44.9 Å². The molecule has 148 valence electrons. The Balaban J connectivity index is 0.00000312. The second-order valence-electron chi connectivity index (χ2n) is 7.83. The van der Waals surface area contributed by atoms with E-state index in [9.17, 15) is 5.11 Å². The van der Waals surface area contributed by atoms with E-state index in [1.807, 2.05) is 0 Å². The lowest BCUT2D eigenvalue weighted by Gasteiger charge is -2.35. The van der Waals surface area contributed by atoms with Crippen molar-refractivity contribution in [1.29, 1.82) is 0 Å². The highest BCUT2D eigenvalue weighted by Gasteiger charge is 2.42. The topological polar surface area (TPSA) is 65.9 Å². The third-order valence-electron chi connectivity index (χ3n) is 5.90. The van der Waals surface area contributed by atoms with Crippen molar-refractivity contribution in [3.63, 3.8) is 0 Å². The van der Waals surface area contributed by atoms with Crippen LogP contribution in [0.2, 0.25) is 0 Å². The average molecular weight is 467 g/mol. The van der Waals surface area contributed by atoms with E-state index >= 15 is 0 Å². The number of guanidine groups is 1. The first-order valence-electron chi connectivity index (χ1n) is 9.80. The molecule has 2 rings (SSSR count). The van der Waals surface area contributed by atoms with Crippen molar-refractivity contribution in [2.24, 2.45) is 15.8 Å². The molecule has 0 unspecified atom stereocenters. The van der Waals surface area contributed by atoms with E-state index in [-0.39, 0.29) is 36.0 Å². The first kappa shape index (κ1) is 23.0. The van der Waals surface area contributed by atoms with Gasteiger partial charge in [-0.05, 0) is 56.3 Å². The fourth-order valence-corrected chi connectivity index (χ4v) is 3.90. The number of ether oxygens (including phenoxy) is 1. The molecule has 0 aliphatic heterocycles. The minimum atomic E-state index is 0. The smallest absolute Gasteiger partial charge is 0.191 e. The van der Waals surface area contributed by atoms with Crippen molar-refractivity contribution in [1.82, 2.24) is 10.6 Å². The first-order valence-corrected chi connectivity index (χ1v) is 9.80. The van der Waals surface area contributed by atoms with Crippen LogP contribution in [-0.4, -0.2) is 51.0 Å². The maximum absolute atomic E-state index is 9.46. The number of aliphatic hydroxyl groups is 1. The van der Waals surface area contributed by atoms with Gasteiger partial charge in [0.15, 0.2) is 5.96 Å². The van der Waals surface area contributed by atoms with Gasteiger partial charge in [0.2, 0.25) is 0 Å². The Hall–Kier alpha value is -0.0800. The van der Waals surface area contributed by atoms with E-state index in [4.69, 9.17) is 9.73 Å². The molecule has 0 aromatic rings. The molecule has 5 nitrogen and oxygen atoms in total. The van der Waals surface area contributed by atoms with Crippen LogP contribution in [0.15, 0.2) is 4.99 Å². The highest BCUT2D eigenvalue weighted by atomic mass is 127. The van der Waals surface area contributed by atoms with Crippen LogP contribution in [0.25, 0.3) is 0 Å². The zero-order valence-electron chi connectivity index (χ0n) is 16.1. The molecule has 0 spiro atoms. The fraction of sp³-hybridized carbons (Fsp3) is 0.947. The summed E-state index contributed by atoms with van der Waals surface area (Å²) in [5.74, 6) is 0.934. The third-order valence-corrected chi connectivity index (χ3v) is 5.90. The summed E-state index contributed by atoms with van der Waals surface area (Å²) in [6.45, 7) is 5.92. The quantitative estimate of drug-likeness (QED) is 0.262. The van der Waals surface area contributed by atoms with Crippen LogP contribution in [0.4, 0.5) is 0 Å². The van der Waals surface area contributed by atoms with Crippen molar-refractivity contribution in [2.45, 2.75) is 64.7 Å². The molecule has 6 heteroatoms. The molecule has 0 aromatic heterocycles. The van der Waals surface area contributed by atoms with Gasteiger partial charge >= 0.3 is 0 Å². The van der Waals surface area contributed by atoms with Crippen molar-refractivity contribution < 1.29 is 9.84 Å². The Labute approximate surface area is 170 Å². The molecule has 0 saturated heterocycles. The first-order chi connectivity index (χ1) is 11.7. The van der Waals surface area contributed by atoms with Gasteiger partial charge in [-0.1, -0.05) is 19.3 Å². The summed E-state index contributed by atoms with van der Waals surface area (Å²) in [6.07, 6.45) is 10.9. The van der Waals surface area contributed by atoms with Crippen molar-refractivity contribution in [2.75, 3.05) is 40.0 Å². The number of hydrogen-bond acceptors (Lipinski definition) is 3. The largest absolute Gasteiger partial charge is 0.396 e. The monoisotopic (exact) mass is 467 g/mol. The van der Waals surface area contributed by atoms with E-state index in [0.29, 0.717) is 5.41 Å². The SMILES string of the molecule is CCNC(=NCC1(CCO)CCCCC1)NCC1(CCOC)CC1.I. The number of nitrogens with one attached hydrogen (secondary N) is 2. The van der Waals surface area contributed by atoms with Crippen LogP contribution < -0.4 is 10.6 Å². The summed E-state index contributed by atoms with van der Waals surface area (Å²) in [4.78, 5) is 4.89. The fourth-order valence-electron chi connectivity index (χ4n) is 3.90. The predicted molar refractivity (Wildman–Crippen MR) is 115 cm³/mol. The van der Waals surface area contributed by atoms with Gasteiger partial charge in [0.1, 0.15) is 0 Å². The van der Waals surface area contributed by atoms with Crippen LogP contribution >= 0.6 is 24.0 Å². The van der Waals surface area contributed by atoms with Gasteiger partial charge in [-0.25, -0.2) is 0 Å². The van der Waals surface area contributed by atoms with Crippen molar-refractivity contribution in [3.8, 4) is 0 Å². The lowest BCUT2D eigenvalue weighted by molar-refractivity contribution is 0.137. The van der Waals surface area contributed by atoms with Gasteiger partial charge in [-0.15, -0.1) is 24.0 Å². The molecule has 2 saturated carbocycles. The molecule has 2 aliphatic carbocycles. The summed E-state index contributed by atoms with van der Waals surface area (Å²) in [5.41, 5.74) is 0.627. The number of halogens is 1. The molecule has 0 atom stereocenters. The highest BCUT2D eigenvalue weighted by molar-refractivity contribution is 14.0. The van der Waals surface area contributed by atoms with Crippen molar-refractivity contribution in [3.05, 3.63) is 0 Å². The third kappa shape index (κ3) is 7.59. The van der Waals surface area contributed by atoms with Gasteiger partial charge in [0.25, 0.3) is 0 Å². The van der Waals surface area contributed by atoms with E-state index in [2.05, 4.69) is 17.6 Å². The zero-order valence-corrected chi connectivity index (χ0v) is 18.4. The second-order valence-corrected chi connectivity index (χ2v) is 7.83. The maximum Gasteiger partial charge on any atom is 0.191 e. The summed E-state index contributed by atoms with van der Waals surface area (Å²) < 4.78 is 5.24. The molecule has 25 heavy (non-hydrogen) atoms. The van der Waals surface area contributed by atoms with Gasteiger partial charge in [0.05, 0.1) is 0 Å². The van der Waals surface area contributed by atoms with Crippen LogP contribution in [-0.2, 0) is 4.74 Å². The number of hydrogen-bond donors (Lipinski definition) is 3. The molecule has 0 amide bonds. The minimum absolute atomic E-state index is 0. The number of rotatable bonds is 10. The number of aliphatic hydroxyl groups excluding tert-OH is 1. The summed E-state index contributed by atoms with van der Waals surface area (Å²) in [5, 5.41) is 16.4. The summed E-state index contributed by atoms with van der Waals surface area (Å²) in [6, 6.07) is 0. The van der Waals surface area contributed by atoms with E-state index in [1.54, 1.807) is 7.11 Å². The summed E-state index contributed by atoms with van der Waals surface area (Å²) in [7, 11) is 1.78. The predicted octanol–water partition coefficient (Wildman–Crippen LogP) is 3.31. The molecule has 0 bridgehead atoms. The molecule has 0 aromatic carbocycles. The Morgan fingerprint density at radius 3 is 2.32 bits per heavy atom. The van der Waals surface area contributed by atoms with Crippen LogP contribution in [0.5, 0.6) is 0 Å². The van der Waals surface area contributed by atoms with Gasteiger partial charge in [0, 0.05) is 40.0 Å². The van der Waals surface area contributed by atoms with E-state index in [0.717, 1.165) is 45.0 Å². The van der Waals surface area contributed by atoms with Crippen LogP contribution in [0.1, 0.15) is 64.7 Å². The summed E-state index contributed by atoms with van der Waals surface area (Å²) >= 11 is 0. The maximum atomic E-state index is 9.46. The van der Waals surface area contributed by atoms with E-state index < -0.39 is 0 Å². The van der Waals surface area contributed by atoms with Gasteiger partial charge in [-0.3, -0.25) is 4.99 Å². The number of nitrogens with zero attached hydrogens (tertiary/aromatic N) is 1. The standard InChI is InChI=1S/C19H37N3O2.HI/c1-3-20-17(22-16-19(9-10-19)12-14-24-2)21-15-18(11-13-23)7-5-4-6-8-18;/h23H,3-16H2,1-2H3,(H2,20,21,22);1H. The van der Waals surface area contributed by atoms with Crippen molar-refractivity contribution >= 4 is 29.9 Å². The minimum Gasteiger partial charge on any atom is -0.396 e. The lowest BCUT2D eigenvalue weighted by Crippen LogP contribution is -2.41. The second kappa shape index (κ2) is 11.6. The number of methoxy groups -OCH3 is 1. The Morgan fingerprint density at radius 1 is 1.04 bits per heavy atom. The molecular formula is C19H38IN3O2. The average Bonchev–Trinajstić information content (AvgIpc) is 3.37. The molecule has 3 N–H and O–H groups in total. The van der Waals surface area contributed by atoms with Crippen LogP contribution in [0.3, 0.4) is 0 Å². The molecular weight excluding hydrogens is 429 g/mol. The van der Waals surface area contributed by atoms with Crippen LogP contribution in [0, 0.1) is 10.8 Å². The Bertz CT molecular complexity index is 389. The molecule has 0 radical (unpaired) electrons. The lowest BCUT2D eigenvalue weighted by atomic mass is 9.72. The van der Waals surface area contributed by atoms with Gasteiger partial charge < -0.3 is 20.5 Å². The molecule has 2 fully saturated rings. The molecule has 2 aliphatic rings. The Kier molecular flexibility index (Phi) is 10.6. The van der Waals surface area contributed by atoms with Gasteiger partial charge in [-0.2, -0.15) is 0 Å². The zero-order chi connectivity index (χ0) is 17.3. The number of aliphatic imine (C=N–C) groups is 1. The Morgan fingerprint density at radius 2 is 1.76 bits per heavy atom. The highest BCUT2D eigenvalue weighted by Crippen LogP contribution is 2.48. The normalized spacial score (nSPS) is 21.3. The molecule has 0 heterocycles.